The Balaban J connectivity index is 1.92. The third-order valence-corrected chi connectivity index (χ3v) is 5.03. The van der Waals surface area contributed by atoms with E-state index in [0.29, 0.717) is 0 Å². The molecule has 0 radical (unpaired) electrons. The lowest BCUT2D eigenvalue weighted by molar-refractivity contribution is -0.0905. The van der Waals surface area contributed by atoms with E-state index >= 15 is 0 Å². The molecule has 1 N–H and O–H groups in total. The lowest BCUT2D eigenvalue weighted by Crippen LogP contribution is -2.55. The number of aryl methyl sites for hydroxylation is 1. The maximum atomic E-state index is 6.17. The smallest absolute Gasteiger partial charge is 0.0982 e. The van der Waals surface area contributed by atoms with E-state index in [0.717, 1.165) is 25.3 Å². The van der Waals surface area contributed by atoms with Gasteiger partial charge in [0.15, 0.2) is 0 Å². The van der Waals surface area contributed by atoms with Crippen molar-refractivity contribution in [2.24, 2.45) is 7.05 Å². The molecule has 4 nitrogen and oxygen atoms in total. The fourth-order valence-corrected chi connectivity index (χ4v) is 4.13. The molecule has 1 aromatic heterocycles. The van der Waals surface area contributed by atoms with Gasteiger partial charge in [-0.15, -0.1) is 0 Å². The second-order valence-corrected chi connectivity index (χ2v) is 5.94. The number of ether oxygens (including phenoxy) is 1. The van der Waals surface area contributed by atoms with E-state index in [4.69, 9.17) is 4.74 Å². The number of hydrogen-bond donors (Lipinski definition) is 1. The van der Waals surface area contributed by atoms with Gasteiger partial charge >= 0.3 is 0 Å². The van der Waals surface area contributed by atoms with E-state index in [9.17, 15) is 0 Å². The Kier molecular flexibility index (Phi) is 3.15. The maximum absolute atomic E-state index is 6.17. The van der Waals surface area contributed by atoms with E-state index in [2.05, 4.69) is 16.5 Å². The van der Waals surface area contributed by atoms with Gasteiger partial charge in [-0.3, -0.25) is 4.68 Å². The van der Waals surface area contributed by atoms with Crippen molar-refractivity contribution in [3.8, 4) is 0 Å². The number of morpholine rings is 1. The second kappa shape index (κ2) is 4.63. The first-order valence-electron chi connectivity index (χ1n) is 6.25. The third-order valence-electron chi connectivity index (χ3n) is 3.76. The van der Waals surface area contributed by atoms with Crippen LogP contribution in [0.1, 0.15) is 24.6 Å². The Hall–Kier alpha value is -0.520. The van der Waals surface area contributed by atoms with Crippen LogP contribution in [0.3, 0.4) is 0 Å². The van der Waals surface area contributed by atoms with Crippen molar-refractivity contribution in [2.75, 3.05) is 24.7 Å². The van der Waals surface area contributed by atoms with Crippen molar-refractivity contribution < 1.29 is 4.74 Å². The van der Waals surface area contributed by atoms with Crippen LogP contribution in [-0.2, 0) is 11.8 Å². The first kappa shape index (κ1) is 11.6. The van der Waals surface area contributed by atoms with Crippen molar-refractivity contribution in [3.63, 3.8) is 0 Å². The fourth-order valence-electron chi connectivity index (χ4n) is 2.90. The van der Waals surface area contributed by atoms with Crippen LogP contribution in [0.15, 0.2) is 12.3 Å². The van der Waals surface area contributed by atoms with E-state index in [-0.39, 0.29) is 11.6 Å². The highest BCUT2D eigenvalue weighted by Gasteiger charge is 2.45. The Bertz CT molecular complexity index is 379. The summed E-state index contributed by atoms with van der Waals surface area (Å²) >= 11 is 2.01. The third kappa shape index (κ3) is 2.00. The fraction of sp³-hybridized carbons (Fsp3) is 0.750. The summed E-state index contributed by atoms with van der Waals surface area (Å²) in [5.41, 5.74) is 1.22. The van der Waals surface area contributed by atoms with Crippen LogP contribution >= 0.6 is 11.8 Å². The number of aromatic nitrogens is 2. The highest BCUT2D eigenvalue weighted by atomic mass is 32.2. The second-order valence-electron chi connectivity index (χ2n) is 4.84. The Morgan fingerprint density at radius 1 is 1.65 bits per heavy atom. The molecular formula is C12H19N3OS. The molecule has 1 spiro atoms. The van der Waals surface area contributed by atoms with Crippen molar-refractivity contribution in [3.05, 3.63) is 18.0 Å². The number of nitrogens with zero attached hydrogens (tertiary/aromatic N) is 2. The standard InChI is InChI=1S/C12H19N3OS/c1-15-10(3-5-14-15)11-12(16-7-6-13-11)4-2-8-17-9-12/h3,5,11,13H,2,4,6-9H2,1H3. The van der Waals surface area contributed by atoms with Crippen molar-refractivity contribution in [1.29, 1.82) is 0 Å². The van der Waals surface area contributed by atoms with Crippen LogP contribution < -0.4 is 5.32 Å². The molecule has 0 aromatic carbocycles. The SMILES string of the molecule is Cn1nccc1C1NCCOC12CCCSC2. The monoisotopic (exact) mass is 253 g/mol. The number of hydrogen-bond acceptors (Lipinski definition) is 4. The van der Waals surface area contributed by atoms with E-state index in [1.54, 1.807) is 0 Å². The van der Waals surface area contributed by atoms with Crippen LogP contribution in [0.2, 0.25) is 0 Å². The van der Waals surface area contributed by atoms with Crippen molar-refractivity contribution in [1.82, 2.24) is 15.1 Å². The number of rotatable bonds is 1. The summed E-state index contributed by atoms with van der Waals surface area (Å²) in [5.74, 6) is 2.36. The van der Waals surface area contributed by atoms with Crippen molar-refractivity contribution in [2.45, 2.75) is 24.5 Å². The Morgan fingerprint density at radius 2 is 2.59 bits per heavy atom. The molecule has 2 fully saturated rings. The van der Waals surface area contributed by atoms with Gasteiger partial charge < -0.3 is 10.1 Å². The van der Waals surface area contributed by atoms with Gasteiger partial charge in [-0.05, 0) is 24.7 Å². The predicted molar refractivity (Wildman–Crippen MR) is 69.2 cm³/mol. The largest absolute Gasteiger partial charge is 0.371 e. The zero-order valence-corrected chi connectivity index (χ0v) is 11.0. The number of nitrogens with one attached hydrogen (secondary N) is 1. The summed E-state index contributed by atoms with van der Waals surface area (Å²) in [6, 6.07) is 2.39. The molecule has 2 unspecified atom stereocenters. The zero-order valence-electron chi connectivity index (χ0n) is 10.2. The highest BCUT2D eigenvalue weighted by molar-refractivity contribution is 7.99. The van der Waals surface area contributed by atoms with Crippen LogP contribution in [0, 0.1) is 0 Å². The van der Waals surface area contributed by atoms with Crippen molar-refractivity contribution >= 4 is 11.8 Å². The molecule has 2 aliphatic heterocycles. The molecule has 1 aromatic rings. The quantitative estimate of drug-likeness (QED) is 0.820. The predicted octanol–water partition coefficient (Wildman–Crippen LogP) is 1.35. The van der Waals surface area contributed by atoms with Gasteiger partial charge in [0.05, 0.1) is 23.9 Å². The summed E-state index contributed by atoms with van der Waals surface area (Å²) in [6.07, 6.45) is 4.28. The molecular weight excluding hydrogens is 234 g/mol. The van der Waals surface area contributed by atoms with E-state index in [1.807, 2.05) is 29.7 Å². The number of thioether (sulfide) groups is 1. The van der Waals surface area contributed by atoms with Crippen LogP contribution in [-0.4, -0.2) is 40.0 Å². The Labute approximate surface area is 106 Å². The summed E-state index contributed by atoms with van der Waals surface area (Å²) in [4.78, 5) is 0. The minimum absolute atomic E-state index is 0.0189. The average Bonchev–Trinajstić information content (AvgIpc) is 2.77. The topological polar surface area (TPSA) is 39.1 Å². The molecule has 94 valence electrons. The average molecular weight is 253 g/mol. The van der Waals surface area contributed by atoms with Gasteiger partial charge in [0, 0.05) is 25.5 Å². The first-order valence-corrected chi connectivity index (χ1v) is 7.40. The summed E-state index contributed by atoms with van der Waals surface area (Å²) in [5, 5.41) is 7.91. The van der Waals surface area contributed by atoms with E-state index in [1.165, 1.54) is 17.9 Å². The molecule has 0 bridgehead atoms. The van der Waals surface area contributed by atoms with Crippen LogP contribution in [0.4, 0.5) is 0 Å². The van der Waals surface area contributed by atoms with Gasteiger partial charge in [0.1, 0.15) is 0 Å². The van der Waals surface area contributed by atoms with Gasteiger partial charge in [-0.2, -0.15) is 16.9 Å². The molecule has 3 heterocycles. The molecule has 0 saturated carbocycles. The molecule has 2 aliphatic rings. The normalized spacial score (nSPS) is 34.1. The Morgan fingerprint density at radius 3 is 3.29 bits per heavy atom. The summed E-state index contributed by atoms with van der Waals surface area (Å²) in [7, 11) is 2.01. The molecule has 3 rings (SSSR count). The van der Waals surface area contributed by atoms with Gasteiger partial charge in [-0.25, -0.2) is 0 Å². The molecule has 17 heavy (non-hydrogen) atoms. The first-order chi connectivity index (χ1) is 8.32. The van der Waals surface area contributed by atoms with Crippen LogP contribution in [0.25, 0.3) is 0 Å². The lowest BCUT2D eigenvalue weighted by Gasteiger charge is -2.46. The molecule has 5 heteroatoms. The minimum Gasteiger partial charge on any atom is -0.371 e. The lowest BCUT2D eigenvalue weighted by atomic mass is 9.87. The van der Waals surface area contributed by atoms with Gasteiger partial charge in [0.2, 0.25) is 0 Å². The summed E-state index contributed by atoms with van der Waals surface area (Å²) < 4.78 is 8.14. The maximum Gasteiger partial charge on any atom is 0.0982 e. The zero-order chi connectivity index (χ0) is 11.7. The molecule has 2 saturated heterocycles. The molecule has 2 atom stereocenters. The van der Waals surface area contributed by atoms with Gasteiger partial charge in [-0.1, -0.05) is 0 Å². The van der Waals surface area contributed by atoms with Crippen LogP contribution in [0.5, 0.6) is 0 Å². The molecule has 0 aliphatic carbocycles. The van der Waals surface area contributed by atoms with E-state index < -0.39 is 0 Å². The molecule has 0 amide bonds. The highest BCUT2D eigenvalue weighted by Crippen LogP contribution is 2.41. The summed E-state index contributed by atoms with van der Waals surface area (Å²) in [6.45, 7) is 1.76. The van der Waals surface area contributed by atoms with Gasteiger partial charge in [0.25, 0.3) is 0 Å². The minimum atomic E-state index is -0.0189.